The Bertz CT molecular complexity index is 555. The van der Waals surface area contributed by atoms with E-state index in [4.69, 9.17) is 16.3 Å². The van der Waals surface area contributed by atoms with Crippen molar-refractivity contribution in [2.24, 2.45) is 0 Å². The number of carbonyl (C=O) groups excluding carboxylic acids is 1. The van der Waals surface area contributed by atoms with Crippen molar-refractivity contribution < 1.29 is 13.9 Å². The number of ether oxygens (including phenoxy) is 1. The van der Waals surface area contributed by atoms with Gasteiger partial charge in [-0.25, -0.2) is 4.39 Å². The number of hydrogen-bond acceptors (Lipinski definition) is 2. The number of benzene rings is 2. The Morgan fingerprint density at radius 2 is 1.83 bits per heavy atom. The number of alkyl halides is 1. The monoisotopic (exact) mass is 264 g/mol. The summed E-state index contributed by atoms with van der Waals surface area (Å²) in [4.78, 5) is 11.4. The number of halogens is 2. The fourth-order valence-electron chi connectivity index (χ4n) is 1.48. The van der Waals surface area contributed by atoms with E-state index in [1.54, 1.807) is 12.1 Å². The Kier molecular flexibility index (Phi) is 3.95. The molecule has 0 aliphatic rings. The lowest BCUT2D eigenvalue weighted by atomic mass is 10.1. The highest BCUT2D eigenvalue weighted by Crippen LogP contribution is 2.23. The normalized spacial score (nSPS) is 10.1. The zero-order valence-corrected chi connectivity index (χ0v) is 10.2. The molecule has 0 amide bonds. The van der Waals surface area contributed by atoms with Gasteiger partial charge in [0.15, 0.2) is 5.78 Å². The van der Waals surface area contributed by atoms with Crippen molar-refractivity contribution in [3.05, 3.63) is 59.9 Å². The topological polar surface area (TPSA) is 26.3 Å². The molecule has 0 saturated carbocycles. The van der Waals surface area contributed by atoms with Gasteiger partial charge in [-0.05, 0) is 30.3 Å². The fraction of sp³-hybridized carbons (Fsp3) is 0.0714. The molecule has 0 aliphatic heterocycles. The standard InChI is InChI=1S/C14H10ClFO2/c15-9-14(17)12-8-11(6-7-13(12)16)18-10-4-2-1-3-5-10/h1-8H,9H2. The molecule has 2 aromatic rings. The third-order valence-electron chi connectivity index (χ3n) is 2.34. The molecule has 0 heterocycles. The number of hydrogen-bond donors (Lipinski definition) is 0. The van der Waals surface area contributed by atoms with Crippen LogP contribution in [0.15, 0.2) is 48.5 Å². The van der Waals surface area contributed by atoms with Crippen LogP contribution in [0.5, 0.6) is 11.5 Å². The van der Waals surface area contributed by atoms with Crippen LogP contribution in [0.25, 0.3) is 0 Å². The quantitative estimate of drug-likeness (QED) is 0.615. The van der Waals surface area contributed by atoms with E-state index >= 15 is 0 Å². The summed E-state index contributed by atoms with van der Waals surface area (Å²) in [5, 5.41) is 0. The van der Waals surface area contributed by atoms with Gasteiger partial charge in [0, 0.05) is 0 Å². The third-order valence-corrected chi connectivity index (χ3v) is 2.58. The van der Waals surface area contributed by atoms with E-state index in [-0.39, 0.29) is 11.4 Å². The first-order valence-electron chi connectivity index (χ1n) is 5.32. The summed E-state index contributed by atoms with van der Waals surface area (Å²) in [6, 6.07) is 13.1. The van der Waals surface area contributed by atoms with Crippen LogP contribution in [0.4, 0.5) is 4.39 Å². The van der Waals surface area contributed by atoms with E-state index in [0.29, 0.717) is 11.5 Å². The maximum absolute atomic E-state index is 13.4. The van der Waals surface area contributed by atoms with Crippen molar-refractivity contribution in [2.45, 2.75) is 0 Å². The van der Waals surface area contributed by atoms with Crippen LogP contribution in [0.1, 0.15) is 10.4 Å². The first kappa shape index (κ1) is 12.6. The molecule has 0 spiro atoms. The zero-order chi connectivity index (χ0) is 13.0. The van der Waals surface area contributed by atoms with Gasteiger partial charge in [0.2, 0.25) is 0 Å². The summed E-state index contributed by atoms with van der Waals surface area (Å²) in [5.41, 5.74) is -0.0570. The Morgan fingerprint density at radius 1 is 1.11 bits per heavy atom. The molecule has 2 nitrogen and oxygen atoms in total. The van der Waals surface area contributed by atoms with Gasteiger partial charge in [0.1, 0.15) is 17.3 Å². The van der Waals surface area contributed by atoms with Crippen molar-refractivity contribution in [1.82, 2.24) is 0 Å². The molecule has 0 unspecified atom stereocenters. The van der Waals surface area contributed by atoms with E-state index in [2.05, 4.69) is 0 Å². The lowest BCUT2D eigenvalue weighted by molar-refractivity contribution is 0.101. The van der Waals surface area contributed by atoms with Crippen LogP contribution in [0.2, 0.25) is 0 Å². The lowest BCUT2D eigenvalue weighted by Crippen LogP contribution is -2.03. The zero-order valence-electron chi connectivity index (χ0n) is 9.40. The predicted octanol–water partition coefficient (Wildman–Crippen LogP) is 4.04. The molecule has 0 atom stereocenters. The molecule has 4 heteroatoms. The minimum absolute atomic E-state index is 0.0570. The number of carbonyl (C=O) groups is 1. The van der Waals surface area contributed by atoms with Gasteiger partial charge in [-0.1, -0.05) is 18.2 Å². The summed E-state index contributed by atoms with van der Waals surface area (Å²) in [6.07, 6.45) is 0. The maximum atomic E-state index is 13.4. The van der Waals surface area contributed by atoms with Gasteiger partial charge in [-0.15, -0.1) is 11.6 Å². The highest BCUT2D eigenvalue weighted by Gasteiger charge is 2.12. The number of para-hydroxylation sites is 1. The highest BCUT2D eigenvalue weighted by molar-refractivity contribution is 6.30. The summed E-state index contributed by atoms with van der Waals surface area (Å²) in [7, 11) is 0. The van der Waals surface area contributed by atoms with Crippen LogP contribution in [-0.4, -0.2) is 11.7 Å². The summed E-state index contributed by atoms with van der Waals surface area (Å²) < 4.78 is 18.9. The molecule has 0 aliphatic carbocycles. The van der Waals surface area contributed by atoms with Crippen molar-refractivity contribution >= 4 is 17.4 Å². The van der Waals surface area contributed by atoms with Crippen LogP contribution in [0, 0.1) is 5.82 Å². The molecular formula is C14H10ClFO2. The van der Waals surface area contributed by atoms with Gasteiger partial charge < -0.3 is 4.74 Å². The van der Waals surface area contributed by atoms with Crippen molar-refractivity contribution in [3.63, 3.8) is 0 Å². The van der Waals surface area contributed by atoms with E-state index in [0.717, 1.165) is 0 Å². The van der Waals surface area contributed by atoms with Gasteiger partial charge in [0.05, 0.1) is 11.4 Å². The van der Waals surface area contributed by atoms with Crippen molar-refractivity contribution in [1.29, 1.82) is 0 Å². The minimum Gasteiger partial charge on any atom is -0.457 e. The van der Waals surface area contributed by atoms with Crippen molar-refractivity contribution in [3.8, 4) is 11.5 Å². The molecule has 0 bridgehead atoms. The molecule has 18 heavy (non-hydrogen) atoms. The lowest BCUT2D eigenvalue weighted by Gasteiger charge is -2.07. The van der Waals surface area contributed by atoms with Crippen LogP contribution in [-0.2, 0) is 0 Å². The average Bonchev–Trinajstić information content (AvgIpc) is 2.41. The van der Waals surface area contributed by atoms with Gasteiger partial charge in [-0.2, -0.15) is 0 Å². The minimum atomic E-state index is -0.596. The van der Waals surface area contributed by atoms with Crippen LogP contribution in [0.3, 0.4) is 0 Å². The molecule has 0 fully saturated rings. The molecule has 0 radical (unpaired) electrons. The van der Waals surface area contributed by atoms with E-state index < -0.39 is 11.6 Å². The summed E-state index contributed by atoms with van der Waals surface area (Å²) >= 11 is 5.41. The Hall–Kier alpha value is -1.87. The second-order valence-corrected chi connectivity index (χ2v) is 3.88. The third kappa shape index (κ3) is 2.87. The first-order chi connectivity index (χ1) is 8.70. The van der Waals surface area contributed by atoms with Gasteiger partial charge in [0.25, 0.3) is 0 Å². The first-order valence-corrected chi connectivity index (χ1v) is 5.86. The molecule has 2 rings (SSSR count). The second kappa shape index (κ2) is 5.65. The largest absolute Gasteiger partial charge is 0.457 e. The molecule has 0 saturated heterocycles. The van der Waals surface area contributed by atoms with E-state index in [9.17, 15) is 9.18 Å². The molecule has 92 valence electrons. The smallest absolute Gasteiger partial charge is 0.180 e. The number of rotatable bonds is 4. The molecule has 0 aromatic heterocycles. The molecule has 2 aromatic carbocycles. The van der Waals surface area contributed by atoms with Crippen LogP contribution >= 0.6 is 11.6 Å². The molecule has 0 N–H and O–H groups in total. The number of ketones is 1. The highest BCUT2D eigenvalue weighted by atomic mass is 35.5. The number of Topliss-reactive ketones (excluding diaryl/α,β-unsaturated/α-hetero) is 1. The van der Waals surface area contributed by atoms with E-state index in [1.807, 2.05) is 18.2 Å². The van der Waals surface area contributed by atoms with Crippen molar-refractivity contribution in [2.75, 3.05) is 5.88 Å². The SMILES string of the molecule is O=C(CCl)c1cc(Oc2ccccc2)ccc1F. The Morgan fingerprint density at radius 3 is 2.50 bits per heavy atom. The maximum Gasteiger partial charge on any atom is 0.180 e. The fourth-order valence-corrected chi connectivity index (χ4v) is 1.62. The second-order valence-electron chi connectivity index (χ2n) is 3.61. The van der Waals surface area contributed by atoms with E-state index in [1.165, 1.54) is 18.2 Å². The van der Waals surface area contributed by atoms with Gasteiger partial charge in [-0.3, -0.25) is 4.79 Å². The molecular weight excluding hydrogens is 255 g/mol. The summed E-state index contributed by atoms with van der Waals surface area (Å²) in [5.74, 6) is -0.302. The Balaban J connectivity index is 2.27. The van der Waals surface area contributed by atoms with Crippen LogP contribution < -0.4 is 4.74 Å². The summed E-state index contributed by atoms with van der Waals surface area (Å²) in [6.45, 7) is 0. The van der Waals surface area contributed by atoms with Gasteiger partial charge >= 0.3 is 0 Å². The average molecular weight is 265 g/mol. The predicted molar refractivity (Wildman–Crippen MR) is 68.0 cm³/mol. The Labute approximate surface area is 109 Å².